The van der Waals surface area contributed by atoms with Crippen LogP contribution in [0.2, 0.25) is 0 Å². The molecular formula is C21H23N5O4S. The van der Waals surface area contributed by atoms with E-state index in [2.05, 4.69) is 22.2 Å². The fraction of sp³-hybridized carbons (Fsp3) is 0.333. The topological polar surface area (TPSA) is 135 Å². The highest BCUT2D eigenvalue weighted by Crippen LogP contribution is 2.36. The van der Waals surface area contributed by atoms with Crippen molar-refractivity contribution >= 4 is 15.7 Å². The van der Waals surface area contributed by atoms with E-state index in [9.17, 15) is 8.42 Å². The van der Waals surface area contributed by atoms with Crippen LogP contribution in [0.5, 0.6) is 5.88 Å². The summed E-state index contributed by atoms with van der Waals surface area (Å²) in [6.45, 7) is 0.677. The molecule has 1 saturated heterocycles. The first-order valence-electron chi connectivity index (χ1n) is 10.1. The second-order valence-corrected chi connectivity index (χ2v) is 9.35. The number of hydrogen-bond donors (Lipinski definition) is 2. The van der Waals surface area contributed by atoms with Crippen LogP contribution >= 0.6 is 0 Å². The number of nitrogens with two attached hydrogens (primary N) is 2. The van der Waals surface area contributed by atoms with Crippen LogP contribution in [0.3, 0.4) is 0 Å². The average Bonchev–Trinajstić information content (AvgIpc) is 3.48. The lowest BCUT2D eigenvalue weighted by Gasteiger charge is -2.19. The first kappa shape index (κ1) is 20.0. The van der Waals surface area contributed by atoms with Gasteiger partial charge in [-0.05, 0) is 48.1 Å². The number of nitrogens with zero attached hydrogens (tertiary/aromatic N) is 3. The van der Waals surface area contributed by atoms with Crippen molar-refractivity contribution in [2.45, 2.75) is 36.4 Å². The zero-order valence-electron chi connectivity index (χ0n) is 16.8. The van der Waals surface area contributed by atoms with Crippen molar-refractivity contribution in [2.75, 3.05) is 18.9 Å². The standard InChI is InChI=1S/C21H23N5O4S/c22-21-15-3-1-2-13(15)4-5-16(21)14-6-8-24-19(10-14)30-18-12-29-11-17(18)26-9-7-20(25-26)31(23,27)28/h4-10,17-18H,1-3,11-12,22H2,(H2,23,27,28)/t17?,18-/m1/s1. The fourth-order valence-corrected chi connectivity index (χ4v) is 4.74. The maximum absolute atomic E-state index is 11.5. The molecular weight excluding hydrogens is 418 g/mol. The number of sulfonamides is 1. The second-order valence-electron chi connectivity index (χ2n) is 7.84. The quantitative estimate of drug-likeness (QED) is 0.575. The number of anilines is 1. The summed E-state index contributed by atoms with van der Waals surface area (Å²) < 4.78 is 36.2. The molecule has 1 aliphatic heterocycles. The molecule has 0 radical (unpaired) electrons. The Labute approximate surface area is 180 Å². The van der Waals surface area contributed by atoms with Gasteiger partial charge in [-0.2, -0.15) is 5.10 Å². The van der Waals surface area contributed by atoms with Gasteiger partial charge in [-0.25, -0.2) is 18.5 Å². The predicted molar refractivity (Wildman–Crippen MR) is 114 cm³/mol. The number of pyridine rings is 1. The monoisotopic (exact) mass is 441 g/mol. The average molecular weight is 442 g/mol. The van der Waals surface area contributed by atoms with Crippen molar-refractivity contribution < 1.29 is 17.9 Å². The van der Waals surface area contributed by atoms with Gasteiger partial charge in [0.15, 0.2) is 5.03 Å². The molecule has 3 heterocycles. The van der Waals surface area contributed by atoms with Gasteiger partial charge in [0.2, 0.25) is 5.88 Å². The summed E-state index contributed by atoms with van der Waals surface area (Å²) in [6, 6.07) is 9.04. The predicted octanol–water partition coefficient (Wildman–Crippen LogP) is 1.68. The van der Waals surface area contributed by atoms with Crippen molar-refractivity contribution in [3.05, 3.63) is 53.9 Å². The number of hydrogen-bond acceptors (Lipinski definition) is 7. The van der Waals surface area contributed by atoms with Gasteiger partial charge in [0.25, 0.3) is 10.0 Å². The zero-order valence-corrected chi connectivity index (χ0v) is 17.6. The van der Waals surface area contributed by atoms with E-state index >= 15 is 0 Å². The molecule has 4 N–H and O–H groups in total. The normalized spacial score (nSPS) is 20.7. The zero-order chi connectivity index (χ0) is 21.6. The molecule has 1 aromatic carbocycles. The molecule has 2 aromatic heterocycles. The first-order valence-corrected chi connectivity index (χ1v) is 11.6. The Hall–Kier alpha value is -2.95. The summed E-state index contributed by atoms with van der Waals surface area (Å²) in [5, 5.41) is 9.04. The van der Waals surface area contributed by atoms with Crippen LogP contribution in [0, 0.1) is 0 Å². The summed E-state index contributed by atoms with van der Waals surface area (Å²) in [5.41, 5.74) is 11.8. The summed E-state index contributed by atoms with van der Waals surface area (Å²) in [5.74, 6) is 0.441. The minimum Gasteiger partial charge on any atom is -0.469 e. The molecule has 5 rings (SSSR count). The molecule has 31 heavy (non-hydrogen) atoms. The number of aromatic nitrogens is 3. The largest absolute Gasteiger partial charge is 0.469 e. The first-order chi connectivity index (χ1) is 14.9. The smallest absolute Gasteiger partial charge is 0.257 e. The van der Waals surface area contributed by atoms with Crippen molar-refractivity contribution in [1.82, 2.24) is 14.8 Å². The second kappa shape index (κ2) is 7.63. The molecule has 9 nitrogen and oxygen atoms in total. The van der Waals surface area contributed by atoms with Gasteiger partial charge in [0, 0.05) is 29.7 Å². The van der Waals surface area contributed by atoms with Gasteiger partial charge in [0.1, 0.15) is 12.1 Å². The van der Waals surface area contributed by atoms with E-state index in [1.54, 1.807) is 12.4 Å². The molecule has 1 fully saturated rings. The Morgan fingerprint density at radius 3 is 2.84 bits per heavy atom. The van der Waals surface area contributed by atoms with E-state index in [1.165, 1.54) is 21.9 Å². The molecule has 162 valence electrons. The molecule has 0 spiro atoms. The van der Waals surface area contributed by atoms with Gasteiger partial charge in [-0.1, -0.05) is 12.1 Å². The highest BCUT2D eigenvalue weighted by molar-refractivity contribution is 7.89. The molecule has 2 atom stereocenters. The number of aryl methyl sites for hydroxylation is 1. The molecule has 0 amide bonds. The summed E-state index contributed by atoms with van der Waals surface area (Å²) >= 11 is 0. The van der Waals surface area contributed by atoms with E-state index in [4.69, 9.17) is 20.3 Å². The number of fused-ring (bicyclic) bond motifs is 1. The number of rotatable bonds is 5. The van der Waals surface area contributed by atoms with E-state index in [-0.39, 0.29) is 17.2 Å². The van der Waals surface area contributed by atoms with Crippen molar-refractivity contribution in [3.8, 4) is 17.0 Å². The van der Waals surface area contributed by atoms with E-state index in [0.29, 0.717) is 19.1 Å². The van der Waals surface area contributed by atoms with Gasteiger partial charge in [0.05, 0.1) is 13.2 Å². The molecule has 0 saturated carbocycles. The van der Waals surface area contributed by atoms with Crippen molar-refractivity contribution in [2.24, 2.45) is 5.14 Å². The lowest BCUT2D eigenvalue weighted by Crippen LogP contribution is -2.29. The Kier molecular flexibility index (Phi) is 4.92. The van der Waals surface area contributed by atoms with Gasteiger partial charge in [-0.15, -0.1) is 0 Å². The minimum atomic E-state index is -3.87. The third-order valence-electron chi connectivity index (χ3n) is 5.86. The maximum Gasteiger partial charge on any atom is 0.257 e. The molecule has 1 aliphatic carbocycles. The summed E-state index contributed by atoms with van der Waals surface area (Å²) in [7, 11) is -3.87. The Bertz CT molecular complexity index is 1240. The Balaban J connectivity index is 1.39. The lowest BCUT2D eigenvalue weighted by atomic mass is 9.98. The van der Waals surface area contributed by atoms with Crippen LogP contribution < -0.4 is 15.6 Å². The van der Waals surface area contributed by atoms with Crippen LogP contribution in [-0.4, -0.2) is 42.5 Å². The van der Waals surface area contributed by atoms with Crippen LogP contribution in [0.4, 0.5) is 5.69 Å². The van der Waals surface area contributed by atoms with Crippen LogP contribution in [0.1, 0.15) is 23.6 Å². The minimum absolute atomic E-state index is 0.189. The SMILES string of the molecule is Nc1c(-c2ccnc(O[C@@H]3COCC3n3ccc(S(N)(=O)=O)n3)c2)ccc2c1CCC2. The third kappa shape index (κ3) is 3.78. The summed E-state index contributed by atoms with van der Waals surface area (Å²) in [4.78, 5) is 4.34. The fourth-order valence-electron chi connectivity index (χ4n) is 4.28. The number of primary sulfonamides is 1. The Morgan fingerprint density at radius 1 is 1.16 bits per heavy atom. The van der Waals surface area contributed by atoms with Gasteiger partial charge >= 0.3 is 0 Å². The number of nitrogen functional groups attached to an aromatic ring is 1. The van der Waals surface area contributed by atoms with E-state index in [0.717, 1.165) is 36.1 Å². The van der Waals surface area contributed by atoms with Crippen LogP contribution in [0.25, 0.3) is 11.1 Å². The third-order valence-corrected chi connectivity index (χ3v) is 6.66. The van der Waals surface area contributed by atoms with Gasteiger partial charge in [-0.3, -0.25) is 4.68 Å². The molecule has 2 aliphatic rings. The molecule has 3 aromatic rings. The number of ether oxygens (including phenoxy) is 2. The van der Waals surface area contributed by atoms with Gasteiger partial charge < -0.3 is 15.2 Å². The molecule has 1 unspecified atom stereocenters. The van der Waals surface area contributed by atoms with E-state index < -0.39 is 10.0 Å². The highest BCUT2D eigenvalue weighted by Gasteiger charge is 2.33. The molecule has 0 bridgehead atoms. The maximum atomic E-state index is 11.5. The lowest BCUT2D eigenvalue weighted by molar-refractivity contribution is 0.132. The van der Waals surface area contributed by atoms with E-state index in [1.807, 2.05) is 12.1 Å². The van der Waals surface area contributed by atoms with Crippen LogP contribution in [-0.2, 0) is 27.6 Å². The molecule has 10 heteroatoms. The highest BCUT2D eigenvalue weighted by atomic mass is 32.2. The van der Waals surface area contributed by atoms with Crippen LogP contribution in [0.15, 0.2) is 47.8 Å². The van der Waals surface area contributed by atoms with Crippen molar-refractivity contribution in [3.63, 3.8) is 0 Å². The van der Waals surface area contributed by atoms with Crippen molar-refractivity contribution in [1.29, 1.82) is 0 Å². The Morgan fingerprint density at radius 2 is 2.03 bits per heavy atom. The summed E-state index contributed by atoms with van der Waals surface area (Å²) in [6.07, 6.45) is 6.09. The number of benzene rings is 1.